The quantitative estimate of drug-likeness (QED) is 0.728. The third kappa shape index (κ3) is 2.96. The molecule has 1 aromatic rings. The Kier molecular flexibility index (Phi) is 4.99. The van der Waals surface area contributed by atoms with E-state index < -0.39 is 6.10 Å². The molecule has 2 unspecified atom stereocenters. The van der Waals surface area contributed by atoms with E-state index in [-0.39, 0.29) is 19.3 Å². The number of hydrogen-bond donors (Lipinski definition) is 3. The van der Waals surface area contributed by atoms with Crippen LogP contribution in [0.4, 0.5) is 0 Å². The van der Waals surface area contributed by atoms with Crippen LogP contribution in [0.2, 0.25) is 0 Å². The molecule has 0 saturated carbocycles. The Hall–Kier alpha value is -1.14. The molecule has 2 rings (SSSR count). The lowest BCUT2D eigenvalue weighted by molar-refractivity contribution is -0.00900. The van der Waals surface area contributed by atoms with E-state index in [0.717, 1.165) is 22.4 Å². The molecule has 0 amide bonds. The van der Waals surface area contributed by atoms with Crippen molar-refractivity contribution in [3.63, 3.8) is 0 Å². The molecule has 5 nitrogen and oxygen atoms in total. The van der Waals surface area contributed by atoms with E-state index in [9.17, 15) is 5.11 Å². The van der Waals surface area contributed by atoms with Gasteiger partial charge in [0.25, 0.3) is 0 Å². The highest BCUT2D eigenvalue weighted by molar-refractivity contribution is 5.46. The summed E-state index contributed by atoms with van der Waals surface area (Å²) in [6.45, 7) is 5.11. The molecule has 0 spiro atoms. The standard InChI is InChI=1S/C15H23NO4/c1-10-7-11(2)14-13(8-10)20-9-12(15(14)19)16(3-5-17)4-6-18/h7-8,12,15,17-19H,3-6,9H2,1-2H3. The molecule has 0 bridgehead atoms. The molecule has 2 atom stereocenters. The van der Waals surface area contributed by atoms with Crippen molar-refractivity contribution in [1.29, 1.82) is 0 Å². The van der Waals surface area contributed by atoms with Gasteiger partial charge in [-0.3, -0.25) is 4.90 Å². The largest absolute Gasteiger partial charge is 0.491 e. The van der Waals surface area contributed by atoms with Gasteiger partial charge in [-0.05, 0) is 31.0 Å². The van der Waals surface area contributed by atoms with E-state index in [1.165, 1.54) is 0 Å². The summed E-state index contributed by atoms with van der Waals surface area (Å²) in [4.78, 5) is 1.87. The van der Waals surface area contributed by atoms with E-state index in [1.54, 1.807) is 0 Å². The van der Waals surface area contributed by atoms with Crippen LogP contribution in [0.25, 0.3) is 0 Å². The van der Waals surface area contributed by atoms with Gasteiger partial charge in [-0.25, -0.2) is 0 Å². The minimum atomic E-state index is -0.669. The maximum absolute atomic E-state index is 10.6. The second kappa shape index (κ2) is 6.54. The summed E-state index contributed by atoms with van der Waals surface area (Å²) in [5.74, 6) is 0.735. The first-order valence-electron chi connectivity index (χ1n) is 6.96. The number of nitrogens with zero attached hydrogens (tertiary/aromatic N) is 1. The summed E-state index contributed by atoms with van der Waals surface area (Å²) >= 11 is 0. The maximum Gasteiger partial charge on any atom is 0.125 e. The zero-order valence-electron chi connectivity index (χ0n) is 12.0. The van der Waals surface area contributed by atoms with Crippen molar-refractivity contribution in [2.45, 2.75) is 26.0 Å². The van der Waals surface area contributed by atoms with Crippen LogP contribution in [-0.2, 0) is 0 Å². The van der Waals surface area contributed by atoms with Crippen LogP contribution >= 0.6 is 0 Å². The molecule has 0 aromatic heterocycles. The van der Waals surface area contributed by atoms with Crippen molar-refractivity contribution in [2.75, 3.05) is 32.9 Å². The molecular weight excluding hydrogens is 258 g/mol. The molecule has 5 heteroatoms. The van der Waals surface area contributed by atoms with Gasteiger partial charge in [0.1, 0.15) is 18.5 Å². The highest BCUT2D eigenvalue weighted by Gasteiger charge is 2.34. The number of rotatable bonds is 5. The molecule has 0 aliphatic carbocycles. The van der Waals surface area contributed by atoms with E-state index in [1.807, 2.05) is 30.9 Å². The van der Waals surface area contributed by atoms with Crippen LogP contribution < -0.4 is 4.74 Å². The minimum absolute atomic E-state index is 0.0110. The van der Waals surface area contributed by atoms with Crippen molar-refractivity contribution in [1.82, 2.24) is 4.90 Å². The third-order valence-corrected chi connectivity index (χ3v) is 3.81. The van der Waals surface area contributed by atoms with Gasteiger partial charge in [-0.15, -0.1) is 0 Å². The van der Waals surface area contributed by atoms with Crippen LogP contribution in [0.1, 0.15) is 22.8 Å². The Morgan fingerprint density at radius 2 is 1.85 bits per heavy atom. The Labute approximate surface area is 119 Å². The third-order valence-electron chi connectivity index (χ3n) is 3.81. The average Bonchev–Trinajstić information content (AvgIpc) is 2.38. The number of aryl methyl sites for hydroxylation is 2. The van der Waals surface area contributed by atoms with Crippen LogP contribution in [0.15, 0.2) is 12.1 Å². The molecule has 1 aromatic carbocycles. The topological polar surface area (TPSA) is 73.2 Å². The number of aliphatic hydroxyl groups excluding tert-OH is 3. The lowest BCUT2D eigenvalue weighted by Crippen LogP contribution is -2.48. The highest BCUT2D eigenvalue weighted by Crippen LogP contribution is 2.37. The van der Waals surface area contributed by atoms with Gasteiger partial charge in [-0.1, -0.05) is 6.07 Å². The van der Waals surface area contributed by atoms with Gasteiger partial charge in [-0.2, -0.15) is 0 Å². The van der Waals surface area contributed by atoms with Gasteiger partial charge in [0.15, 0.2) is 0 Å². The van der Waals surface area contributed by atoms with E-state index in [4.69, 9.17) is 14.9 Å². The Morgan fingerprint density at radius 1 is 1.20 bits per heavy atom. The number of fused-ring (bicyclic) bond motifs is 1. The molecule has 1 aliphatic heterocycles. The van der Waals surface area contributed by atoms with Crippen molar-refractivity contribution in [3.8, 4) is 5.75 Å². The maximum atomic E-state index is 10.6. The molecule has 3 N–H and O–H groups in total. The smallest absolute Gasteiger partial charge is 0.125 e. The zero-order valence-corrected chi connectivity index (χ0v) is 12.0. The SMILES string of the molecule is Cc1cc(C)c2c(c1)OCC(N(CCO)CCO)C2O. The highest BCUT2D eigenvalue weighted by atomic mass is 16.5. The molecule has 0 radical (unpaired) electrons. The summed E-state index contributed by atoms with van der Waals surface area (Å²) in [5.41, 5.74) is 2.92. The van der Waals surface area contributed by atoms with Crippen molar-refractivity contribution in [3.05, 3.63) is 28.8 Å². The first kappa shape index (κ1) is 15.3. The molecule has 1 heterocycles. The number of ether oxygens (including phenoxy) is 1. The second-order valence-corrected chi connectivity index (χ2v) is 5.30. The summed E-state index contributed by atoms with van der Waals surface area (Å²) < 4.78 is 5.78. The summed E-state index contributed by atoms with van der Waals surface area (Å²) in [6, 6.07) is 3.71. The molecule has 0 fully saturated rings. The van der Waals surface area contributed by atoms with E-state index >= 15 is 0 Å². The summed E-state index contributed by atoms with van der Waals surface area (Å²) in [6.07, 6.45) is -0.669. The van der Waals surface area contributed by atoms with Gasteiger partial charge in [0.05, 0.1) is 19.3 Å². The molecule has 112 valence electrons. The van der Waals surface area contributed by atoms with Gasteiger partial charge < -0.3 is 20.1 Å². The van der Waals surface area contributed by atoms with Crippen molar-refractivity contribution in [2.24, 2.45) is 0 Å². The Bertz CT molecular complexity index is 457. The van der Waals surface area contributed by atoms with Gasteiger partial charge in [0.2, 0.25) is 0 Å². The van der Waals surface area contributed by atoms with Crippen molar-refractivity contribution >= 4 is 0 Å². The fourth-order valence-electron chi connectivity index (χ4n) is 2.90. The first-order chi connectivity index (χ1) is 9.58. The first-order valence-corrected chi connectivity index (χ1v) is 6.96. The number of benzene rings is 1. The van der Waals surface area contributed by atoms with Crippen LogP contribution in [0.5, 0.6) is 5.75 Å². The fraction of sp³-hybridized carbons (Fsp3) is 0.600. The molecule has 20 heavy (non-hydrogen) atoms. The van der Waals surface area contributed by atoms with E-state index in [2.05, 4.69) is 0 Å². The monoisotopic (exact) mass is 281 g/mol. The van der Waals surface area contributed by atoms with Crippen molar-refractivity contribution < 1.29 is 20.1 Å². The lowest BCUT2D eigenvalue weighted by atomic mass is 9.92. The summed E-state index contributed by atoms with van der Waals surface area (Å²) in [5, 5.41) is 28.9. The average molecular weight is 281 g/mol. The minimum Gasteiger partial charge on any atom is -0.491 e. The second-order valence-electron chi connectivity index (χ2n) is 5.30. The Morgan fingerprint density at radius 3 is 2.45 bits per heavy atom. The van der Waals surface area contributed by atoms with Crippen LogP contribution in [-0.4, -0.2) is 59.2 Å². The molecular formula is C15H23NO4. The van der Waals surface area contributed by atoms with Gasteiger partial charge in [0, 0.05) is 18.7 Å². The predicted octanol–water partition coefficient (Wildman–Crippen LogP) is 0.384. The normalized spacial score (nSPS) is 21.7. The number of aliphatic hydroxyl groups is 3. The predicted molar refractivity (Wildman–Crippen MR) is 75.9 cm³/mol. The molecule has 1 aliphatic rings. The lowest BCUT2D eigenvalue weighted by Gasteiger charge is -2.38. The van der Waals surface area contributed by atoms with Gasteiger partial charge >= 0.3 is 0 Å². The zero-order chi connectivity index (χ0) is 14.7. The number of hydrogen-bond acceptors (Lipinski definition) is 5. The molecule has 0 saturated heterocycles. The summed E-state index contributed by atoms with van der Waals surface area (Å²) in [7, 11) is 0. The van der Waals surface area contributed by atoms with Crippen LogP contribution in [0.3, 0.4) is 0 Å². The van der Waals surface area contributed by atoms with Crippen LogP contribution in [0, 0.1) is 13.8 Å². The van der Waals surface area contributed by atoms with E-state index in [0.29, 0.717) is 19.7 Å². The Balaban J connectivity index is 2.28. The fourth-order valence-corrected chi connectivity index (χ4v) is 2.90.